The summed E-state index contributed by atoms with van der Waals surface area (Å²) >= 11 is 5.93. The van der Waals surface area contributed by atoms with Crippen molar-refractivity contribution in [3.63, 3.8) is 0 Å². The lowest BCUT2D eigenvalue weighted by Gasteiger charge is -2.09. The van der Waals surface area contributed by atoms with E-state index in [4.69, 9.17) is 16.3 Å². The molecule has 0 amide bonds. The van der Waals surface area contributed by atoms with Gasteiger partial charge in [0, 0.05) is 16.8 Å². The van der Waals surface area contributed by atoms with E-state index in [-0.39, 0.29) is 5.75 Å². The molecule has 0 aliphatic rings. The van der Waals surface area contributed by atoms with Gasteiger partial charge in [-0.25, -0.2) is 4.98 Å². The van der Waals surface area contributed by atoms with Crippen LogP contribution in [0, 0.1) is 12.9 Å². The fraction of sp³-hybridized carbons (Fsp3) is 0.0833. The van der Waals surface area contributed by atoms with Crippen LogP contribution in [0.25, 0.3) is 0 Å². The standard InChI is InChI=1S/C12H9ClFNO/c1-8-9(13)4-2-5-10(8)16-11-6-3-7-15-12(11)14/h2-7H,1H3. The maximum Gasteiger partial charge on any atom is 0.255 e. The number of ether oxygens (including phenoxy) is 1. The van der Waals surface area contributed by atoms with Gasteiger partial charge in [-0.3, -0.25) is 0 Å². The molecule has 0 N–H and O–H groups in total. The van der Waals surface area contributed by atoms with Crippen LogP contribution in [0.15, 0.2) is 36.5 Å². The summed E-state index contributed by atoms with van der Waals surface area (Å²) < 4.78 is 18.6. The molecule has 1 heterocycles. The zero-order chi connectivity index (χ0) is 11.5. The summed E-state index contributed by atoms with van der Waals surface area (Å²) in [5.41, 5.74) is 0.771. The molecule has 0 radical (unpaired) electrons. The first-order valence-electron chi connectivity index (χ1n) is 4.72. The molecule has 0 aliphatic carbocycles. The van der Waals surface area contributed by atoms with Gasteiger partial charge in [0.15, 0.2) is 5.75 Å². The predicted octanol–water partition coefficient (Wildman–Crippen LogP) is 3.97. The number of rotatable bonds is 2. The van der Waals surface area contributed by atoms with Gasteiger partial charge >= 0.3 is 0 Å². The van der Waals surface area contributed by atoms with Gasteiger partial charge in [-0.05, 0) is 31.2 Å². The van der Waals surface area contributed by atoms with Crippen LogP contribution in [0.5, 0.6) is 11.5 Å². The number of hydrogen-bond donors (Lipinski definition) is 0. The van der Waals surface area contributed by atoms with E-state index in [9.17, 15) is 4.39 Å². The normalized spacial score (nSPS) is 10.2. The maximum atomic E-state index is 13.2. The molecule has 16 heavy (non-hydrogen) atoms. The SMILES string of the molecule is Cc1c(Cl)cccc1Oc1cccnc1F. The van der Waals surface area contributed by atoms with E-state index in [1.54, 1.807) is 24.3 Å². The quantitative estimate of drug-likeness (QED) is 0.738. The van der Waals surface area contributed by atoms with Crippen molar-refractivity contribution in [3.8, 4) is 11.5 Å². The zero-order valence-electron chi connectivity index (χ0n) is 8.58. The molecule has 0 unspecified atom stereocenters. The van der Waals surface area contributed by atoms with Gasteiger partial charge < -0.3 is 4.74 Å². The Kier molecular flexibility index (Phi) is 3.06. The van der Waals surface area contributed by atoms with Crippen LogP contribution in [0.2, 0.25) is 5.02 Å². The Labute approximate surface area is 97.7 Å². The molecule has 0 fully saturated rings. The van der Waals surface area contributed by atoms with Gasteiger partial charge in [-0.2, -0.15) is 4.39 Å². The van der Waals surface area contributed by atoms with Gasteiger partial charge in [-0.15, -0.1) is 0 Å². The largest absolute Gasteiger partial charge is 0.452 e. The fourth-order valence-corrected chi connectivity index (χ4v) is 1.43. The molecule has 82 valence electrons. The van der Waals surface area contributed by atoms with Crippen molar-refractivity contribution in [1.82, 2.24) is 4.98 Å². The number of hydrogen-bond acceptors (Lipinski definition) is 2. The van der Waals surface area contributed by atoms with E-state index in [0.717, 1.165) is 5.56 Å². The summed E-state index contributed by atoms with van der Waals surface area (Å²) in [7, 11) is 0. The number of nitrogens with zero attached hydrogens (tertiary/aromatic N) is 1. The van der Waals surface area contributed by atoms with Crippen molar-refractivity contribution in [2.24, 2.45) is 0 Å². The second kappa shape index (κ2) is 4.49. The molecule has 0 spiro atoms. The van der Waals surface area contributed by atoms with Crippen molar-refractivity contribution in [3.05, 3.63) is 53.1 Å². The molecule has 1 aromatic carbocycles. The minimum atomic E-state index is -0.637. The van der Waals surface area contributed by atoms with E-state index in [1.165, 1.54) is 12.3 Å². The van der Waals surface area contributed by atoms with Crippen LogP contribution < -0.4 is 4.74 Å². The number of aromatic nitrogens is 1. The second-order valence-corrected chi connectivity index (χ2v) is 3.66. The first-order chi connectivity index (χ1) is 7.68. The minimum absolute atomic E-state index is 0.0906. The van der Waals surface area contributed by atoms with Crippen LogP contribution in [0.3, 0.4) is 0 Å². The van der Waals surface area contributed by atoms with Crippen LogP contribution in [0.4, 0.5) is 4.39 Å². The summed E-state index contributed by atoms with van der Waals surface area (Å²) in [6.07, 6.45) is 1.37. The van der Waals surface area contributed by atoms with E-state index in [2.05, 4.69) is 4.98 Å². The maximum absolute atomic E-state index is 13.2. The van der Waals surface area contributed by atoms with Gasteiger partial charge in [0.25, 0.3) is 5.95 Å². The van der Waals surface area contributed by atoms with E-state index >= 15 is 0 Å². The Morgan fingerprint density at radius 3 is 2.69 bits per heavy atom. The highest BCUT2D eigenvalue weighted by Crippen LogP contribution is 2.29. The summed E-state index contributed by atoms with van der Waals surface area (Å²) in [5, 5.41) is 0.585. The monoisotopic (exact) mass is 237 g/mol. The Bertz CT molecular complexity index is 516. The molecule has 0 saturated carbocycles. The predicted molar refractivity (Wildman–Crippen MR) is 60.5 cm³/mol. The lowest BCUT2D eigenvalue weighted by Crippen LogP contribution is -1.92. The zero-order valence-corrected chi connectivity index (χ0v) is 9.33. The van der Waals surface area contributed by atoms with Crippen LogP contribution >= 0.6 is 11.6 Å². The molecule has 2 nitrogen and oxygen atoms in total. The number of pyridine rings is 1. The van der Waals surface area contributed by atoms with Gasteiger partial charge in [-0.1, -0.05) is 17.7 Å². The van der Waals surface area contributed by atoms with Crippen molar-refractivity contribution in [2.45, 2.75) is 6.92 Å². The third-order valence-corrected chi connectivity index (χ3v) is 2.57. The lowest BCUT2D eigenvalue weighted by molar-refractivity contribution is 0.426. The Morgan fingerprint density at radius 2 is 1.94 bits per heavy atom. The average Bonchev–Trinajstić information content (AvgIpc) is 2.28. The van der Waals surface area contributed by atoms with Gasteiger partial charge in [0.05, 0.1) is 0 Å². The van der Waals surface area contributed by atoms with E-state index < -0.39 is 5.95 Å². The van der Waals surface area contributed by atoms with Crippen LogP contribution in [-0.4, -0.2) is 4.98 Å². The lowest BCUT2D eigenvalue weighted by atomic mass is 10.2. The summed E-state index contributed by atoms with van der Waals surface area (Å²) in [4.78, 5) is 3.50. The molecular formula is C12H9ClFNO. The fourth-order valence-electron chi connectivity index (χ4n) is 1.26. The van der Waals surface area contributed by atoms with Crippen LogP contribution in [0.1, 0.15) is 5.56 Å². The van der Waals surface area contributed by atoms with E-state index in [1.807, 2.05) is 6.92 Å². The minimum Gasteiger partial charge on any atom is -0.452 e. The average molecular weight is 238 g/mol. The topological polar surface area (TPSA) is 22.1 Å². The second-order valence-electron chi connectivity index (χ2n) is 3.26. The van der Waals surface area contributed by atoms with E-state index in [0.29, 0.717) is 10.8 Å². The molecular weight excluding hydrogens is 229 g/mol. The van der Waals surface area contributed by atoms with Crippen molar-refractivity contribution >= 4 is 11.6 Å². The molecule has 0 bridgehead atoms. The highest BCUT2D eigenvalue weighted by molar-refractivity contribution is 6.31. The Hall–Kier alpha value is -1.61. The molecule has 4 heteroatoms. The highest BCUT2D eigenvalue weighted by atomic mass is 35.5. The Balaban J connectivity index is 2.35. The van der Waals surface area contributed by atoms with Gasteiger partial charge in [0.2, 0.25) is 0 Å². The van der Waals surface area contributed by atoms with Gasteiger partial charge in [0.1, 0.15) is 5.75 Å². The Morgan fingerprint density at radius 1 is 1.19 bits per heavy atom. The smallest absolute Gasteiger partial charge is 0.255 e. The summed E-state index contributed by atoms with van der Waals surface area (Å²) in [6.45, 7) is 1.81. The number of benzene rings is 1. The molecule has 0 aliphatic heterocycles. The summed E-state index contributed by atoms with van der Waals surface area (Å²) in [5.74, 6) is -0.0193. The third kappa shape index (κ3) is 2.14. The van der Waals surface area contributed by atoms with Crippen LogP contribution in [-0.2, 0) is 0 Å². The molecule has 2 rings (SSSR count). The highest BCUT2D eigenvalue weighted by Gasteiger charge is 2.08. The molecule has 2 aromatic rings. The molecule has 1 aromatic heterocycles. The number of halogens is 2. The van der Waals surface area contributed by atoms with Crippen molar-refractivity contribution in [2.75, 3.05) is 0 Å². The third-order valence-electron chi connectivity index (χ3n) is 2.16. The van der Waals surface area contributed by atoms with Crippen molar-refractivity contribution in [1.29, 1.82) is 0 Å². The molecule has 0 saturated heterocycles. The summed E-state index contributed by atoms with van der Waals surface area (Å²) in [6, 6.07) is 8.36. The first kappa shape index (κ1) is 10.9. The van der Waals surface area contributed by atoms with Crippen molar-refractivity contribution < 1.29 is 9.13 Å². The molecule has 0 atom stereocenters. The first-order valence-corrected chi connectivity index (χ1v) is 5.10.